The first-order valence-electron chi connectivity index (χ1n) is 8.32. The van der Waals surface area contributed by atoms with E-state index in [9.17, 15) is 18.0 Å². The molecule has 0 aliphatic rings. The standard InChI is InChI=1S/C21H17F3N2O/c1-14-18(26-20(27)13-15-5-3-2-4-6-15)11-12-19(25-14)16-7-9-17(10-8-16)21(22,23)24/h2-12H,13H2,1H3,(H,26,27). The first kappa shape index (κ1) is 18.6. The van der Waals surface area contributed by atoms with Crippen molar-refractivity contribution < 1.29 is 18.0 Å². The number of hydrogen-bond donors (Lipinski definition) is 1. The summed E-state index contributed by atoms with van der Waals surface area (Å²) in [6.07, 6.45) is -4.12. The molecule has 0 aliphatic carbocycles. The maximum atomic E-state index is 12.7. The minimum absolute atomic E-state index is 0.159. The van der Waals surface area contributed by atoms with E-state index in [1.54, 1.807) is 19.1 Å². The third-order valence-electron chi connectivity index (χ3n) is 4.08. The number of carbonyl (C=O) groups excluding carboxylic acids is 1. The molecule has 1 amide bonds. The number of carbonyl (C=O) groups is 1. The molecule has 0 saturated heterocycles. The Morgan fingerprint density at radius 3 is 2.22 bits per heavy atom. The van der Waals surface area contributed by atoms with E-state index in [-0.39, 0.29) is 12.3 Å². The molecule has 0 saturated carbocycles. The summed E-state index contributed by atoms with van der Waals surface area (Å²) in [5, 5.41) is 2.82. The largest absolute Gasteiger partial charge is 0.416 e. The maximum Gasteiger partial charge on any atom is 0.416 e. The lowest BCUT2D eigenvalue weighted by Crippen LogP contribution is -2.15. The number of hydrogen-bond acceptors (Lipinski definition) is 2. The highest BCUT2D eigenvalue weighted by atomic mass is 19.4. The third-order valence-corrected chi connectivity index (χ3v) is 4.08. The summed E-state index contributed by atoms with van der Waals surface area (Å²) in [6, 6.07) is 17.6. The molecule has 0 aliphatic heterocycles. The van der Waals surface area contributed by atoms with Crippen molar-refractivity contribution in [3.63, 3.8) is 0 Å². The predicted octanol–water partition coefficient (Wildman–Crippen LogP) is 5.26. The first-order chi connectivity index (χ1) is 12.8. The Kier molecular flexibility index (Phi) is 5.26. The van der Waals surface area contributed by atoms with Crippen molar-refractivity contribution in [3.8, 4) is 11.3 Å². The van der Waals surface area contributed by atoms with E-state index in [1.165, 1.54) is 12.1 Å². The van der Waals surface area contributed by atoms with Crippen LogP contribution in [0.25, 0.3) is 11.3 Å². The van der Waals surface area contributed by atoms with E-state index in [4.69, 9.17) is 0 Å². The number of nitrogens with zero attached hydrogens (tertiary/aromatic N) is 1. The van der Waals surface area contributed by atoms with Gasteiger partial charge in [0.05, 0.1) is 29.1 Å². The zero-order valence-electron chi connectivity index (χ0n) is 14.5. The second kappa shape index (κ2) is 7.61. The fraction of sp³-hybridized carbons (Fsp3) is 0.143. The minimum Gasteiger partial charge on any atom is -0.324 e. The van der Waals surface area contributed by atoms with Crippen molar-refractivity contribution in [3.05, 3.63) is 83.6 Å². The van der Waals surface area contributed by atoms with Gasteiger partial charge in [-0.15, -0.1) is 0 Å². The van der Waals surface area contributed by atoms with Crippen LogP contribution >= 0.6 is 0 Å². The number of aromatic nitrogens is 1. The fourth-order valence-electron chi connectivity index (χ4n) is 2.66. The molecule has 0 spiro atoms. The van der Waals surface area contributed by atoms with E-state index in [0.717, 1.165) is 17.7 Å². The van der Waals surface area contributed by atoms with Gasteiger partial charge in [-0.2, -0.15) is 13.2 Å². The van der Waals surface area contributed by atoms with Gasteiger partial charge in [0.1, 0.15) is 0 Å². The number of nitrogens with one attached hydrogen (secondary N) is 1. The van der Waals surface area contributed by atoms with Crippen LogP contribution in [-0.4, -0.2) is 10.9 Å². The van der Waals surface area contributed by atoms with Gasteiger partial charge < -0.3 is 5.32 Å². The van der Waals surface area contributed by atoms with Crippen LogP contribution in [0, 0.1) is 6.92 Å². The molecular weight excluding hydrogens is 353 g/mol. The molecule has 3 aromatic rings. The van der Waals surface area contributed by atoms with Crippen LogP contribution < -0.4 is 5.32 Å². The lowest BCUT2D eigenvalue weighted by Gasteiger charge is -2.11. The van der Waals surface area contributed by atoms with Crippen LogP contribution in [0.3, 0.4) is 0 Å². The number of aryl methyl sites for hydroxylation is 1. The second-order valence-electron chi connectivity index (χ2n) is 6.12. The van der Waals surface area contributed by atoms with Gasteiger partial charge in [0.15, 0.2) is 0 Å². The zero-order valence-corrected chi connectivity index (χ0v) is 14.5. The van der Waals surface area contributed by atoms with Crippen molar-refractivity contribution in [1.82, 2.24) is 4.98 Å². The number of anilines is 1. The zero-order chi connectivity index (χ0) is 19.4. The van der Waals surface area contributed by atoms with Crippen molar-refractivity contribution in [2.24, 2.45) is 0 Å². The molecule has 6 heteroatoms. The first-order valence-corrected chi connectivity index (χ1v) is 8.32. The van der Waals surface area contributed by atoms with E-state index in [2.05, 4.69) is 10.3 Å². The summed E-state index contributed by atoms with van der Waals surface area (Å²) >= 11 is 0. The summed E-state index contributed by atoms with van der Waals surface area (Å²) in [7, 11) is 0. The number of alkyl halides is 3. The molecule has 0 fully saturated rings. The fourth-order valence-corrected chi connectivity index (χ4v) is 2.66. The van der Waals surface area contributed by atoms with Gasteiger partial charge in [-0.1, -0.05) is 42.5 Å². The highest BCUT2D eigenvalue weighted by Gasteiger charge is 2.30. The number of amides is 1. The lowest BCUT2D eigenvalue weighted by atomic mass is 10.1. The molecule has 1 aromatic heterocycles. The Bertz CT molecular complexity index is 936. The summed E-state index contributed by atoms with van der Waals surface area (Å²) in [4.78, 5) is 16.6. The van der Waals surface area contributed by atoms with Gasteiger partial charge >= 0.3 is 6.18 Å². The highest BCUT2D eigenvalue weighted by Crippen LogP contribution is 2.31. The lowest BCUT2D eigenvalue weighted by molar-refractivity contribution is -0.137. The van der Waals surface area contributed by atoms with Crippen molar-refractivity contribution in [2.45, 2.75) is 19.5 Å². The SMILES string of the molecule is Cc1nc(-c2ccc(C(F)(F)F)cc2)ccc1NC(=O)Cc1ccccc1. The van der Waals surface area contributed by atoms with Crippen molar-refractivity contribution >= 4 is 11.6 Å². The average Bonchev–Trinajstić information content (AvgIpc) is 2.63. The van der Waals surface area contributed by atoms with Gasteiger partial charge in [-0.3, -0.25) is 9.78 Å². The average molecular weight is 370 g/mol. The number of rotatable bonds is 4. The Morgan fingerprint density at radius 2 is 1.63 bits per heavy atom. The van der Waals surface area contributed by atoms with Crippen LogP contribution in [-0.2, 0) is 17.4 Å². The van der Waals surface area contributed by atoms with E-state index in [1.807, 2.05) is 30.3 Å². The quantitative estimate of drug-likeness (QED) is 0.681. The van der Waals surface area contributed by atoms with Crippen LogP contribution in [0.4, 0.5) is 18.9 Å². The maximum absolute atomic E-state index is 12.7. The summed E-state index contributed by atoms with van der Waals surface area (Å²) in [5.74, 6) is -0.159. The number of benzene rings is 2. The molecular formula is C21H17F3N2O. The smallest absolute Gasteiger partial charge is 0.324 e. The molecule has 0 radical (unpaired) electrons. The van der Waals surface area contributed by atoms with E-state index in [0.29, 0.717) is 22.6 Å². The van der Waals surface area contributed by atoms with E-state index < -0.39 is 11.7 Å². The molecule has 27 heavy (non-hydrogen) atoms. The molecule has 138 valence electrons. The molecule has 0 bridgehead atoms. The summed E-state index contributed by atoms with van der Waals surface area (Å²) in [5.41, 5.74) is 2.49. The molecule has 1 N–H and O–H groups in total. The Morgan fingerprint density at radius 1 is 0.963 bits per heavy atom. The molecule has 2 aromatic carbocycles. The normalized spacial score (nSPS) is 11.3. The van der Waals surface area contributed by atoms with Gasteiger partial charge in [0.25, 0.3) is 0 Å². The van der Waals surface area contributed by atoms with Crippen LogP contribution in [0.5, 0.6) is 0 Å². The third kappa shape index (κ3) is 4.73. The van der Waals surface area contributed by atoms with E-state index >= 15 is 0 Å². The van der Waals surface area contributed by atoms with Crippen LogP contribution in [0.15, 0.2) is 66.7 Å². The van der Waals surface area contributed by atoms with Crippen LogP contribution in [0.2, 0.25) is 0 Å². The summed E-state index contributed by atoms with van der Waals surface area (Å²) in [6.45, 7) is 1.74. The van der Waals surface area contributed by atoms with Gasteiger partial charge in [-0.05, 0) is 36.8 Å². The number of pyridine rings is 1. The molecule has 0 atom stereocenters. The predicted molar refractivity (Wildman–Crippen MR) is 98.2 cm³/mol. The highest BCUT2D eigenvalue weighted by molar-refractivity contribution is 5.92. The minimum atomic E-state index is -4.37. The second-order valence-corrected chi connectivity index (χ2v) is 6.12. The Balaban J connectivity index is 1.73. The van der Waals surface area contributed by atoms with Crippen LogP contribution in [0.1, 0.15) is 16.8 Å². The van der Waals surface area contributed by atoms with Crippen molar-refractivity contribution in [2.75, 3.05) is 5.32 Å². The topological polar surface area (TPSA) is 42.0 Å². The Hall–Kier alpha value is -3.15. The molecule has 3 nitrogen and oxygen atoms in total. The monoisotopic (exact) mass is 370 g/mol. The molecule has 1 heterocycles. The molecule has 3 rings (SSSR count). The Labute approximate surface area is 154 Å². The number of halogens is 3. The molecule has 0 unspecified atom stereocenters. The summed E-state index contributed by atoms with van der Waals surface area (Å²) < 4.78 is 38.0. The van der Waals surface area contributed by atoms with Crippen molar-refractivity contribution in [1.29, 1.82) is 0 Å². The van der Waals surface area contributed by atoms with Gasteiger partial charge in [0.2, 0.25) is 5.91 Å². The van der Waals surface area contributed by atoms with Gasteiger partial charge in [0, 0.05) is 5.56 Å². The van der Waals surface area contributed by atoms with Gasteiger partial charge in [-0.25, -0.2) is 0 Å².